The predicted octanol–water partition coefficient (Wildman–Crippen LogP) is 1.51. The Morgan fingerprint density at radius 1 is 1.59 bits per heavy atom. The van der Waals surface area contributed by atoms with Gasteiger partial charge in [0.1, 0.15) is 12.9 Å². The lowest BCUT2D eigenvalue weighted by molar-refractivity contribution is 0.350. The van der Waals surface area contributed by atoms with E-state index >= 15 is 0 Å². The minimum absolute atomic E-state index is 0.0983. The molecule has 0 amide bonds. The van der Waals surface area contributed by atoms with E-state index in [4.69, 9.17) is 5.11 Å². The molecule has 4 nitrogen and oxygen atoms in total. The first-order valence-electron chi connectivity index (χ1n) is 4.93. The Balaban J connectivity index is 1.96. The van der Waals surface area contributed by atoms with Gasteiger partial charge in [0.25, 0.3) is 0 Å². The molecule has 1 N–H and O–H groups in total. The van der Waals surface area contributed by atoms with Crippen LogP contribution in [0.3, 0.4) is 0 Å². The third kappa shape index (κ3) is 3.33. The van der Waals surface area contributed by atoms with Gasteiger partial charge in [0.15, 0.2) is 5.16 Å². The van der Waals surface area contributed by atoms with Crippen LogP contribution in [0.15, 0.2) is 22.9 Å². The van der Waals surface area contributed by atoms with Crippen molar-refractivity contribution in [3.8, 4) is 11.8 Å². The standard InChI is InChI=1S/C11H11N3OS2/c1-14-11(12-8-13-14)17-7-10-5-9(6-16-10)3-2-4-15/h5-6,8,15H,4,7H2,1H3. The van der Waals surface area contributed by atoms with Crippen molar-refractivity contribution in [3.63, 3.8) is 0 Å². The molecule has 0 bridgehead atoms. The van der Waals surface area contributed by atoms with Gasteiger partial charge in [0, 0.05) is 28.6 Å². The number of hydrogen-bond acceptors (Lipinski definition) is 5. The van der Waals surface area contributed by atoms with Gasteiger partial charge in [0.2, 0.25) is 0 Å². The molecule has 0 aliphatic carbocycles. The third-order valence-electron chi connectivity index (χ3n) is 1.98. The van der Waals surface area contributed by atoms with Gasteiger partial charge >= 0.3 is 0 Å². The molecule has 0 unspecified atom stereocenters. The minimum atomic E-state index is -0.0983. The Morgan fingerprint density at radius 2 is 2.47 bits per heavy atom. The summed E-state index contributed by atoms with van der Waals surface area (Å²) in [5.74, 6) is 6.38. The van der Waals surface area contributed by atoms with Crippen LogP contribution in [-0.4, -0.2) is 26.5 Å². The molecule has 0 spiro atoms. The fraction of sp³-hybridized carbons (Fsp3) is 0.273. The Labute approximate surface area is 108 Å². The monoisotopic (exact) mass is 265 g/mol. The fourth-order valence-corrected chi connectivity index (χ4v) is 2.98. The number of aryl methyl sites for hydroxylation is 1. The molecule has 0 radical (unpaired) electrons. The highest BCUT2D eigenvalue weighted by atomic mass is 32.2. The molecular formula is C11H11N3OS2. The minimum Gasteiger partial charge on any atom is -0.384 e. The van der Waals surface area contributed by atoms with Crippen molar-refractivity contribution in [1.29, 1.82) is 0 Å². The average Bonchev–Trinajstić information content (AvgIpc) is 2.93. The zero-order valence-corrected chi connectivity index (χ0v) is 10.9. The Hall–Kier alpha value is -1.29. The Bertz CT molecular complexity index is 550. The molecule has 2 aromatic heterocycles. The summed E-state index contributed by atoms with van der Waals surface area (Å²) in [4.78, 5) is 5.38. The number of aromatic nitrogens is 3. The maximum absolute atomic E-state index is 8.60. The van der Waals surface area contributed by atoms with Crippen molar-refractivity contribution in [2.24, 2.45) is 7.05 Å². The molecule has 0 saturated carbocycles. The van der Waals surface area contributed by atoms with E-state index in [9.17, 15) is 0 Å². The smallest absolute Gasteiger partial charge is 0.186 e. The summed E-state index contributed by atoms with van der Waals surface area (Å²) in [5.41, 5.74) is 0.956. The molecule has 17 heavy (non-hydrogen) atoms. The summed E-state index contributed by atoms with van der Waals surface area (Å²) >= 11 is 3.31. The second kappa shape index (κ2) is 5.87. The zero-order valence-electron chi connectivity index (χ0n) is 9.25. The van der Waals surface area contributed by atoms with E-state index in [-0.39, 0.29) is 6.61 Å². The summed E-state index contributed by atoms with van der Waals surface area (Å²) in [6.45, 7) is -0.0983. The quantitative estimate of drug-likeness (QED) is 0.675. The molecule has 2 aromatic rings. The number of rotatable bonds is 3. The maximum atomic E-state index is 8.60. The molecule has 88 valence electrons. The summed E-state index contributed by atoms with van der Waals surface area (Å²) < 4.78 is 1.75. The molecule has 0 atom stereocenters. The van der Waals surface area contributed by atoms with Gasteiger partial charge in [-0.15, -0.1) is 11.3 Å². The molecule has 0 fully saturated rings. The van der Waals surface area contributed by atoms with Crippen molar-refractivity contribution < 1.29 is 5.11 Å². The van der Waals surface area contributed by atoms with Crippen molar-refractivity contribution in [2.75, 3.05) is 6.61 Å². The Morgan fingerprint density at radius 3 is 3.18 bits per heavy atom. The fourth-order valence-electron chi connectivity index (χ4n) is 1.22. The molecule has 2 rings (SSSR count). The first-order chi connectivity index (χ1) is 8.29. The molecule has 0 aromatic carbocycles. The van der Waals surface area contributed by atoms with Crippen molar-refractivity contribution >= 4 is 23.1 Å². The first kappa shape index (κ1) is 12.2. The van der Waals surface area contributed by atoms with Crippen molar-refractivity contribution in [1.82, 2.24) is 14.8 Å². The van der Waals surface area contributed by atoms with Gasteiger partial charge in [-0.2, -0.15) is 5.10 Å². The van der Waals surface area contributed by atoms with Crippen LogP contribution < -0.4 is 0 Å². The van der Waals surface area contributed by atoms with Crippen molar-refractivity contribution in [2.45, 2.75) is 10.9 Å². The molecule has 0 saturated heterocycles. The largest absolute Gasteiger partial charge is 0.384 e. The number of thioether (sulfide) groups is 1. The summed E-state index contributed by atoms with van der Waals surface area (Å²) in [6.07, 6.45) is 1.55. The van der Waals surface area contributed by atoms with Gasteiger partial charge in [-0.05, 0) is 6.07 Å². The number of nitrogens with zero attached hydrogens (tertiary/aromatic N) is 3. The molecule has 2 heterocycles. The predicted molar refractivity (Wildman–Crippen MR) is 68.8 cm³/mol. The van der Waals surface area contributed by atoms with Crippen LogP contribution >= 0.6 is 23.1 Å². The zero-order chi connectivity index (χ0) is 12.1. The SMILES string of the molecule is Cn1ncnc1SCc1cc(C#CCO)cs1. The third-order valence-corrected chi connectivity index (χ3v) is 4.18. The lowest BCUT2D eigenvalue weighted by Crippen LogP contribution is -1.92. The van der Waals surface area contributed by atoms with Gasteiger partial charge in [-0.25, -0.2) is 9.67 Å². The average molecular weight is 265 g/mol. The van der Waals surface area contributed by atoms with E-state index in [1.165, 1.54) is 4.88 Å². The van der Waals surface area contributed by atoms with E-state index in [2.05, 4.69) is 21.9 Å². The van der Waals surface area contributed by atoms with E-state index < -0.39 is 0 Å². The topological polar surface area (TPSA) is 50.9 Å². The lowest BCUT2D eigenvalue weighted by atomic mass is 10.3. The molecule has 0 aliphatic rings. The Kier molecular flexibility index (Phi) is 4.20. The van der Waals surface area contributed by atoms with E-state index in [1.54, 1.807) is 34.1 Å². The van der Waals surface area contributed by atoms with Gasteiger partial charge in [0.05, 0.1) is 0 Å². The van der Waals surface area contributed by atoms with Crippen LogP contribution in [0.4, 0.5) is 0 Å². The normalized spacial score (nSPS) is 10.0. The highest BCUT2D eigenvalue weighted by Gasteiger charge is 2.03. The van der Waals surface area contributed by atoms with Crippen LogP contribution in [0, 0.1) is 11.8 Å². The van der Waals surface area contributed by atoms with Crippen LogP contribution in [-0.2, 0) is 12.8 Å². The van der Waals surface area contributed by atoms with Crippen LogP contribution in [0.2, 0.25) is 0 Å². The van der Waals surface area contributed by atoms with E-state index in [0.717, 1.165) is 16.5 Å². The van der Waals surface area contributed by atoms with Gasteiger partial charge in [-0.3, -0.25) is 0 Å². The first-order valence-corrected chi connectivity index (χ1v) is 6.80. The molecule has 6 heteroatoms. The summed E-state index contributed by atoms with van der Waals surface area (Å²) in [7, 11) is 1.88. The van der Waals surface area contributed by atoms with Crippen LogP contribution in [0.25, 0.3) is 0 Å². The summed E-state index contributed by atoms with van der Waals surface area (Å²) in [5, 5.41) is 15.5. The number of hydrogen-bond donors (Lipinski definition) is 1. The highest BCUT2D eigenvalue weighted by molar-refractivity contribution is 7.98. The second-order valence-corrected chi connectivity index (χ2v) is 5.15. The highest BCUT2D eigenvalue weighted by Crippen LogP contribution is 2.24. The van der Waals surface area contributed by atoms with Crippen LogP contribution in [0.5, 0.6) is 0 Å². The second-order valence-electron chi connectivity index (χ2n) is 3.22. The maximum Gasteiger partial charge on any atom is 0.186 e. The number of thiophene rings is 1. The molecular weight excluding hydrogens is 254 g/mol. The molecule has 0 aliphatic heterocycles. The number of aliphatic hydroxyl groups is 1. The number of aliphatic hydroxyl groups excluding tert-OH is 1. The van der Waals surface area contributed by atoms with Crippen molar-refractivity contribution in [3.05, 3.63) is 28.2 Å². The van der Waals surface area contributed by atoms with Gasteiger partial charge in [-0.1, -0.05) is 23.6 Å². The lowest BCUT2D eigenvalue weighted by Gasteiger charge is -1.97. The van der Waals surface area contributed by atoms with Gasteiger partial charge < -0.3 is 5.11 Å². The van der Waals surface area contributed by atoms with Crippen LogP contribution in [0.1, 0.15) is 10.4 Å². The van der Waals surface area contributed by atoms with E-state index in [0.29, 0.717) is 0 Å². The van der Waals surface area contributed by atoms with E-state index in [1.807, 2.05) is 18.5 Å². The summed E-state index contributed by atoms with van der Waals surface area (Å²) in [6, 6.07) is 2.04.